The van der Waals surface area contributed by atoms with Crippen molar-refractivity contribution in [3.63, 3.8) is 0 Å². The first-order valence-corrected chi connectivity index (χ1v) is 7.65. The van der Waals surface area contributed by atoms with Gasteiger partial charge in [0.2, 0.25) is 5.91 Å². The number of hydrogen-bond acceptors (Lipinski definition) is 2. The summed E-state index contributed by atoms with van der Waals surface area (Å²) in [4.78, 5) is 14.9. The van der Waals surface area contributed by atoms with Crippen LogP contribution in [0.25, 0.3) is 0 Å². The summed E-state index contributed by atoms with van der Waals surface area (Å²) < 4.78 is 0. The monoisotopic (exact) mass is 252 g/mol. The summed E-state index contributed by atoms with van der Waals surface area (Å²) in [6.07, 6.45) is 9.40. The lowest BCUT2D eigenvalue weighted by Crippen LogP contribution is -2.48. The van der Waals surface area contributed by atoms with E-state index in [4.69, 9.17) is 5.73 Å². The SMILES string of the molecule is CC1(C(=O)N2CCCC(CCN)C2)CCCCC1. The second kappa shape index (κ2) is 6.05. The maximum atomic E-state index is 12.7. The molecule has 3 heteroatoms. The molecule has 1 saturated heterocycles. The van der Waals surface area contributed by atoms with Crippen LogP contribution in [0.1, 0.15) is 58.3 Å². The van der Waals surface area contributed by atoms with Gasteiger partial charge in [-0.15, -0.1) is 0 Å². The molecule has 104 valence electrons. The van der Waals surface area contributed by atoms with E-state index in [1.807, 2.05) is 0 Å². The Kier molecular flexibility index (Phi) is 4.66. The number of piperidine rings is 1. The molecule has 2 fully saturated rings. The Bertz CT molecular complexity index is 282. The molecule has 1 amide bonds. The van der Waals surface area contributed by atoms with E-state index in [1.165, 1.54) is 25.7 Å². The van der Waals surface area contributed by atoms with Crippen LogP contribution < -0.4 is 5.73 Å². The molecular formula is C15H28N2O. The van der Waals surface area contributed by atoms with E-state index in [0.29, 0.717) is 11.8 Å². The maximum absolute atomic E-state index is 12.7. The van der Waals surface area contributed by atoms with Crippen molar-refractivity contribution < 1.29 is 4.79 Å². The molecule has 1 unspecified atom stereocenters. The van der Waals surface area contributed by atoms with Gasteiger partial charge in [-0.25, -0.2) is 0 Å². The third-order valence-electron chi connectivity index (χ3n) is 4.85. The van der Waals surface area contributed by atoms with Crippen LogP contribution in [-0.2, 0) is 4.79 Å². The lowest BCUT2D eigenvalue weighted by atomic mass is 9.74. The van der Waals surface area contributed by atoms with Gasteiger partial charge in [0.25, 0.3) is 0 Å². The van der Waals surface area contributed by atoms with Crippen LogP contribution in [0.5, 0.6) is 0 Å². The van der Waals surface area contributed by atoms with Gasteiger partial charge >= 0.3 is 0 Å². The average Bonchev–Trinajstić information content (AvgIpc) is 2.39. The van der Waals surface area contributed by atoms with Gasteiger partial charge in [0.15, 0.2) is 0 Å². The van der Waals surface area contributed by atoms with E-state index in [1.54, 1.807) is 0 Å². The molecule has 0 spiro atoms. The van der Waals surface area contributed by atoms with Gasteiger partial charge in [-0.3, -0.25) is 4.79 Å². The Morgan fingerprint density at radius 1 is 1.28 bits per heavy atom. The highest BCUT2D eigenvalue weighted by Gasteiger charge is 2.38. The molecule has 18 heavy (non-hydrogen) atoms. The van der Waals surface area contributed by atoms with E-state index in [0.717, 1.165) is 45.3 Å². The number of nitrogens with zero attached hydrogens (tertiary/aromatic N) is 1. The molecule has 0 aromatic carbocycles. The summed E-state index contributed by atoms with van der Waals surface area (Å²) in [6, 6.07) is 0. The van der Waals surface area contributed by atoms with E-state index < -0.39 is 0 Å². The van der Waals surface area contributed by atoms with E-state index in [2.05, 4.69) is 11.8 Å². The van der Waals surface area contributed by atoms with Crippen LogP contribution in [-0.4, -0.2) is 30.4 Å². The van der Waals surface area contributed by atoms with Crippen LogP contribution in [0.15, 0.2) is 0 Å². The zero-order valence-electron chi connectivity index (χ0n) is 11.8. The molecule has 1 aliphatic carbocycles. The average molecular weight is 252 g/mol. The van der Waals surface area contributed by atoms with Crippen molar-refractivity contribution in [2.24, 2.45) is 17.1 Å². The summed E-state index contributed by atoms with van der Waals surface area (Å²) in [5, 5.41) is 0. The molecule has 0 bridgehead atoms. The molecule has 2 aliphatic rings. The molecule has 1 atom stereocenters. The number of nitrogens with two attached hydrogens (primary N) is 1. The maximum Gasteiger partial charge on any atom is 0.228 e. The Morgan fingerprint density at radius 2 is 2.00 bits per heavy atom. The van der Waals surface area contributed by atoms with Crippen molar-refractivity contribution in [1.82, 2.24) is 4.90 Å². The number of amides is 1. The van der Waals surface area contributed by atoms with Crippen molar-refractivity contribution in [3.05, 3.63) is 0 Å². The lowest BCUT2D eigenvalue weighted by molar-refractivity contribution is -0.145. The Hall–Kier alpha value is -0.570. The molecule has 1 aliphatic heterocycles. The van der Waals surface area contributed by atoms with Gasteiger partial charge in [-0.05, 0) is 44.6 Å². The highest BCUT2D eigenvalue weighted by Crippen LogP contribution is 2.38. The summed E-state index contributed by atoms with van der Waals surface area (Å²) in [7, 11) is 0. The molecule has 0 aromatic rings. The predicted octanol–water partition coefficient (Wildman–Crippen LogP) is 2.54. The van der Waals surface area contributed by atoms with Crippen LogP contribution in [0.3, 0.4) is 0 Å². The third-order valence-corrected chi connectivity index (χ3v) is 4.85. The number of hydrogen-bond donors (Lipinski definition) is 1. The van der Waals surface area contributed by atoms with Crippen LogP contribution >= 0.6 is 0 Å². The number of carbonyl (C=O) groups excluding carboxylic acids is 1. The van der Waals surface area contributed by atoms with Crippen LogP contribution in [0, 0.1) is 11.3 Å². The second-order valence-electron chi connectivity index (χ2n) is 6.46. The number of likely N-dealkylation sites (tertiary alicyclic amines) is 1. The minimum atomic E-state index is -0.0666. The van der Waals surface area contributed by atoms with Gasteiger partial charge in [-0.1, -0.05) is 26.2 Å². The molecule has 2 rings (SSSR count). The smallest absolute Gasteiger partial charge is 0.228 e. The summed E-state index contributed by atoms with van der Waals surface area (Å²) in [5.74, 6) is 1.06. The van der Waals surface area contributed by atoms with Gasteiger partial charge in [0.05, 0.1) is 0 Å². The molecule has 1 heterocycles. The fourth-order valence-electron chi connectivity index (χ4n) is 3.65. The Balaban J connectivity index is 1.95. The normalized spacial score (nSPS) is 28.1. The van der Waals surface area contributed by atoms with Gasteiger partial charge in [0.1, 0.15) is 0 Å². The van der Waals surface area contributed by atoms with E-state index in [-0.39, 0.29) is 5.41 Å². The molecule has 0 radical (unpaired) electrons. The van der Waals surface area contributed by atoms with E-state index in [9.17, 15) is 4.79 Å². The van der Waals surface area contributed by atoms with Crippen molar-refractivity contribution in [3.8, 4) is 0 Å². The second-order valence-corrected chi connectivity index (χ2v) is 6.46. The topological polar surface area (TPSA) is 46.3 Å². The zero-order valence-corrected chi connectivity index (χ0v) is 11.8. The van der Waals surface area contributed by atoms with Crippen molar-refractivity contribution >= 4 is 5.91 Å². The first kappa shape index (κ1) is 13.9. The van der Waals surface area contributed by atoms with Crippen LogP contribution in [0.4, 0.5) is 0 Å². The molecule has 0 aromatic heterocycles. The molecule has 2 N–H and O–H groups in total. The van der Waals surface area contributed by atoms with Gasteiger partial charge < -0.3 is 10.6 Å². The third kappa shape index (κ3) is 3.05. The fourth-order valence-corrected chi connectivity index (χ4v) is 3.65. The van der Waals surface area contributed by atoms with Gasteiger partial charge in [0, 0.05) is 18.5 Å². The van der Waals surface area contributed by atoms with Crippen molar-refractivity contribution in [2.75, 3.05) is 19.6 Å². The van der Waals surface area contributed by atoms with E-state index >= 15 is 0 Å². The molecular weight excluding hydrogens is 224 g/mol. The first-order valence-electron chi connectivity index (χ1n) is 7.65. The minimum absolute atomic E-state index is 0.0666. The number of carbonyl (C=O) groups is 1. The number of rotatable bonds is 3. The highest BCUT2D eigenvalue weighted by atomic mass is 16.2. The highest BCUT2D eigenvalue weighted by molar-refractivity contribution is 5.82. The lowest BCUT2D eigenvalue weighted by Gasteiger charge is -2.40. The molecule has 3 nitrogen and oxygen atoms in total. The zero-order chi connectivity index (χ0) is 13.0. The fraction of sp³-hybridized carbons (Fsp3) is 0.933. The predicted molar refractivity (Wildman–Crippen MR) is 74.2 cm³/mol. The Labute approximate surface area is 111 Å². The first-order chi connectivity index (χ1) is 8.65. The van der Waals surface area contributed by atoms with Gasteiger partial charge in [-0.2, -0.15) is 0 Å². The van der Waals surface area contributed by atoms with Crippen molar-refractivity contribution in [2.45, 2.75) is 58.3 Å². The quantitative estimate of drug-likeness (QED) is 0.839. The summed E-state index contributed by atoms with van der Waals surface area (Å²) in [5.41, 5.74) is 5.58. The molecule has 1 saturated carbocycles. The summed E-state index contributed by atoms with van der Waals surface area (Å²) >= 11 is 0. The minimum Gasteiger partial charge on any atom is -0.342 e. The summed E-state index contributed by atoms with van der Waals surface area (Å²) in [6.45, 7) is 4.85. The Morgan fingerprint density at radius 3 is 2.67 bits per heavy atom. The largest absolute Gasteiger partial charge is 0.342 e. The standard InChI is InChI=1S/C15H28N2O/c1-15(8-3-2-4-9-15)14(18)17-11-5-6-13(12-17)7-10-16/h13H,2-12,16H2,1H3. The van der Waals surface area contributed by atoms with Crippen molar-refractivity contribution in [1.29, 1.82) is 0 Å². The van der Waals surface area contributed by atoms with Crippen LogP contribution in [0.2, 0.25) is 0 Å².